The number of anilines is 1. The lowest BCUT2D eigenvalue weighted by Gasteiger charge is -2.30. The van der Waals surface area contributed by atoms with E-state index in [4.69, 9.17) is 0 Å². The molecule has 0 unspecified atom stereocenters. The van der Waals surface area contributed by atoms with Crippen molar-refractivity contribution in [2.24, 2.45) is 0 Å². The molecule has 1 aliphatic heterocycles. The Morgan fingerprint density at radius 2 is 1.76 bits per heavy atom. The molecule has 176 valence electrons. The molecular formula is C27H26F3N3O. The molecule has 2 heterocycles. The number of aryl methyl sites for hydroxylation is 1. The SMILES string of the molecule is CCCCCc1ccc(C=C2c3cc(C(F)(F)F)ccc3C(=O)N2N(C)c2ccccn2)cc1. The first-order valence-electron chi connectivity index (χ1n) is 11.3. The summed E-state index contributed by atoms with van der Waals surface area (Å²) in [5.74, 6) is 0.0937. The van der Waals surface area contributed by atoms with Gasteiger partial charge in [0.25, 0.3) is 5.91 Å². The fourth-order valence-electron chi connectivity index (χ4n) is 4.06. The van der Waals surface area contributed by atoms with E-state index >= 15 is 0 Å². The fraction of sp³-hybridized carbons (Fsp3) is 0.259. The van der Waals surface area contributed by atoms with Crippen molar-refractivity contribution < 1.29 is 18.0 Å². The smallest absolute Gasteiger partial charge is 0.267 e. The number of hydrazine groups is 1. The highest BCUT2D eigenvalue weighted by Gasteiger charge is 2.39. The van der Waals surface area contributed by atoms with E-state index in [0.717, 1.165) is 37.0 Å². The zero-order chi connectivity index (χ0) is 24.3. The van der Waals surface area contributed by atoms with Crippen LogP contribution in [-0.2, 0) is 12.6 Å². The number of aromatic nitrogens is 1. The topological polar surface area (TPSA) is 36.4 Å². The summed E-state index contributed by atoms with van der Waals surface area (Å²) in [5.41, 5.74) is 2.05. The first kappa shape index (κ1) is 23.5. The van der Waals surface area contributed by atoms with Gasteiger partial charge in [0.15, 0.2) is 0 Å². The predicted octanol–water partition coefficient (Wildman–Crippen LogP) is 6.84. The number of rotatable bonds is 7. The lowest BCUT2D eigenvalue weighted by atomic mass is 10.0. The number of benzene rings is 2. The summed E-state index contributed by atoms with van der Waals surface area (Å²) in [6.07, 6.45) is 3.25. The van der Waals surface area contributed by atoms with Gasteiger partial charge in [-0.15, -0.1) is 0 Å². The highest BCUT2D eigenvalue weighted by atomic mass is 19.4. The maximum absolute atomic E-state index is 13.5. The first-order chi connectivity index (χ1) is 16.3. The highest BCUT2D eigenvalue weighted by molar-refractivity contribution is 6.12. The number of carbonyl (C=O) groups excluding carboxylic acids is 1. The normalized spacial score (nSPS) is 14.6. The molecule has 1 amide bonds. The van der Waals surface area contributed by atoms with Crippen LogP contribution in [0, 0.1) is 0 Å². The molecule has 0 bridgehead atoms. The molecule has 7 heteroatoms. The van der Waals surface area contributed by atoms with E-state index in [0.29, 0.717) is 11.5 Å². The van der Waals surface area contributed by atoms with E-state index in [9.17, 15) is 18.0 Å². The van der Waals surface area contributed by atoms with Crippen LogP contribution in [0.5, 0.6) is 0 Å². The van der Waals surface area contributed by atoms with Crippen molar-refractivity contribution in [3.63, 3.8) is 0 Å². The quantitative estimate of drug-likeness (QED) is 0.359. The lowest BCUT2D eigenvalue weighted by molar-refractivity contribution is -0.137. The number of pyridine rings is 1. The first-order valence-corrected chi connectivity index (χ1v) is 11.3. The summed E-state index contributed by atoms with van der Waals surface area (Å²) < 4.78 is 40.4. The minimum absolute atomic E-state index is 0.221. The number of hydrogen-bond donors (Lipinski definition) is 0. The van der Waals surface area contributed by atoms with Gasteiger partial charge in [0.2, 0.25) is 0 Å². The monoisotopic (exact) mass is 465 g/mol. The molecule has 0 aliphatic carbocycles. The summed E-state index contributed by atoms with van der Waals surface area (Å²) >= 11 is 0. The van der Waals surface area contributed by atoms with Crippen LogP contribution >= 0.6 is 0 Å². The van der Waals surface area contributed by atoms with Gasteiger partial charge in [0.1, 0.15) is 5.82 Å². The predicted molar refractivity (Wildman–Crippen MR) is 128 cm³/mol. The second-order valence-electron chi connectivity index (χ2n) is 8.31. The molecule has 0 radical (unpaired) electrons. The van der Waals surface area contributed by atoms with E-state index < -0.39 is 17.6 Å². The third-order valence-electron chi connectivity index (χ3n) is 5.91. The van der Waals surface area contributed by atoms with Crippen molar-refractivity contribution in [2.75, 3.05) is 12.1 Å². The largest absolute Gasteiger partial charge is 0.416 e. The Kier molecular flexibility index (Phi) is 6.72. The van der Waals surface area contributed by atoms with E-state index in [1.165, 1.54) is 23.1 Å². The Morgan fingerprint density at radius 1 is 1.00 bits per heavy atom. The summed E-state index contributed by atoms with van der Waals surface area (Å²) in [6, 6.07) is 16.4. The molecule has 4 nitrogen and oxygen atoms in total. The van der Waals surface area contributed by atoms with Crippen LogP contribution in [0.2, 0.25) is 0 Å². The van der Waals surface area contributed by atoms with E-state index in [-0.39, 0.29) is 11.1 Å². The van der Waals surface area contributed by atoms with Gasteiger partial charge >= 0.3 is 6.18 Å². The van der Waals surface area contributed by atoms with E-state index in [2.05, 4.69) is 11.9 Å². The van der Waals surface area contributed by atoms with Gasteiger partial charge in [-0.1, -0.05) is 50.1 Å². The molecule has 0 N–H and O–H groups in total. The van der Waals surface area contributed by atoms with Gasteiger partial charge < -0.3 is 0 Å². The number of alkyl halides is 3. The van der Waals surface area contributed by atoms with Gasteiger partial charge in [0.05, 0.1) is 16.8 Å². The van der Waals surface area contributed by atoms with Crippen molar-refractivity contribution in [1.82, 2.24) is 9.99 Å². The number of carbonyl (C=O) groups is 1. The Bertz CT molecular complexity index is 1190. The Hall–Kier alpha value is -3.61. The molecule has 1 aromatic heterocycles. The Morgan fingerprint density at radius 3 is 2.41 bits per heavy atom. The van der Waals surface area contributed by atoms with Crippen LogP contribution in [-0.4, -0.2) is 22.9 Å². The van der Waals surface area contributed by atoms with E-state index in [1.54, 1.807) is 42.5 Å². The second kappa shape index (κ2) is 9.71. The molecule has 4 rings (SSSR count). The van der Waals surface area contributed by atoms with Gasteiger partial charge in [-0.3, -0.25) is 9.80 Å². The summed E-state index contributed by atoms with van der Waals surface area (Å²) in [7, 11) is 1.67. The van der Waals surface area contributed by atoms with Gasteiger partial charge in [-0.2, -0.15) is 13.2 Å². The molecule has 34 heavy (non-hydrogen) atoms. The maximum Gasteiger partial charge on any atom is 0.416 e. The number of nitrogens with zero attached hydrogens (tertiary/aromatic N) is 3. The van der Waals surface area contributed by atoms with Crippen LogP contribution in [0.3, 0.4) is 0 Å². The Balaban J connectivity index is 1.76. The molecule has 2 aromatic carbocycles. The van der Waals surface area contributed by atoms with Gasteiger partial charge in [0, 0.05) is 18.8 Å². The zero-order valence-electron chi connectivity index (χ0n) is 19.1. The molecule has 0 atom stereocenters. The van der Waals surface area contributed by atoms with Crippen LogP contribution in [0.4, 0.5) is 19.0 Å². The molecule has 3 aromatic rings. The lowest BCUT2D eigenvalue weighted by Crippen LogP contribution is -2.39. The second-order valence-corrected chi connectivity index (χ2v) is 8.31. The van der Waals surface area contributed by atoms with Crippen molar-refractivity contribution in [3.05, 3.63) is 94.7 Å². The molecule has 0 spiro atoms. The standard InChI is InChI=1S/C27H26F3N3O/c1-3-4-5-8-19-10-12-20(13-11-19)17-24-23-18-21(27(28,29)30)14-15-22(23)26(34)33(24)32(2)25-9-6-7-16-31-25/h6-7,9-18H,3-5,8H2,1-2H3. The number of amides is 1. The molecule has 1 aliphatic rings. The van der Waals surface area contributed by atoms with Crippen LogP contribution < -0.4 is 5.01 Å². The maximum atomic E-state index is 13.5. The van der Waals surface area contributed by atoms with Crippen LogP contribution in [0.25, 0.3) is 11.8 Å². The van der Waals surface area contributed by atoms with Crippen molar-refractivity contribution in [3.8, 4) is 0 Å². The average Bonchev–Trinajstić information content (AvgIpc) is 3.10. The van der Waals surface area contributed by atoms with Crippen molar-refractivity contribution in [2.45, 2.75) is 38.8 Å². The third kappa shape index (κ3) is 4.83. The van der Waals surface area contributed by atoms with E-state index in [1.807, 2.05) is 24.3 Å². The number of hydrogen-bond acceptors (Lipinski definition) is 3. The average molecular weight is 466 g/mol. The Labute approximate surface area is 197 Å². The van der Waals surface area contributed by atoms with Gasteiger partial charge in [-0.05, 0) is 60.4 Å². The fourth-order valence-corrected chi connectivity index (χ4v) is 4.06. The molecule has 0 fully saturated rings. The third-order valence-corrected chi connectivity index (χ3v) is 5.91. The minimum Gasteiger partial charge on any atom is -0.267 e. The molecule has 0 saturated carbocycles. The van der Waals surface area contributed by atoms with Crippen LogP contribution in [0.15, 0.2) is 66.9 Å². The number of halogens is 3. The summed E-state index contributed by atoms with van der Waals surface area (Å²) in [6.45, 7) is 2.16. The molecular weight excluding hydrogens is 439 g/mol. The summed E-state index contributed by atoms with van der Waals surface area (Å²) in [4.78, 5) is 17.6. The van der Waals surface area contributed by atoms with Crippen molar-refractivity contribution in [1.29, 1.82) is 0 Å². The molecule has 0 saturated heterocycles. The summed E-state index contributed by atoms with van der Waals surface area (Å²) in [5, 5.41) is 2.93. The van der Waals surface area contributed by atoms with Crippen LogP contribution in [0.1, 0.15) is 58.8 Å². The number of unbranched alkanes of at least 4 members (excludes halogenated alkanes) is 2. The number of fused-ring (bicyclic) bond motifs is 1. The highest BCUT2D eigenvalue weighted by Crippen LogP contribution is 2.40. The van der Waals surface area contributed by atoms with Gasteiger partial charge in [-0.25, -0.2) is 9.99 Å². The minimum atomic E-state index is -4.51. The zero-order valence-corrected chi connectivity index (χ0v) is 19.1. The van der Waals surface area contributed by atoms with Crippen molar-refractivity contribution >= 4 is 23.5 Å².